The van der Waals surface area contributed by atoms with Gasteiger partial charge in [-0.2, -0.15) is 11.3 Å². The molecule has 1 N–H and O–H groups in total. The molecule has 0 aliphatic carbocycles. The lowest BCUT2D eigenvalue weighted by Gasteiger charge is -2.34. The molecule has 2 atom stereocenters. The van der Waals surface area contributed by atoms with Crippen LogP contribution in [0, 0.1) is 5.92 Å². The van der Waals surface area contributed by atoms with Crippen LogP contribution in [0.25, 0.3) is 0 Å². The number of rotatable bonds is 4. The molecule has 2 aliphatic rings. The molecule has 2 aromatic rings. The first-order valence-corrected chi connectivity index (χ1v) is 9.84. The van der Waals surface area contributed by atoms with Gasteiger partial charge in [0, 0.05) is 20.4 Å². The van der Waals surface area contributed by atoms with E-state index in [9.17, 15) is 0 Å². The van der Waals surface area contributed by atoms with Gasteiger partial charge < -0.3 is 10.2 Å². The highest BCUT2D eigenvalue weighted by atomic mass is 32.1. The third kappa shape index (κ3) is 3.52. The minimum atomic E-state index is 0. The second-order valence-corrected chi connectivity index (χ2v) is 7.85. The van der Waals surface area contributed by atoms with E-state index in [-0.39, 0.29) is 1.43 Å². The van der Waals surface area contributed by atoms with Gasteiger partial charge in [-0.3, -0.25) is 0 Å². The van der Waals surface area contributed by atoms with Crippen LogP contribution >= 0.6 is 11.3 Å². The Labute approximate surface area is 145 Å². The molecule has 1 aromatic heterocycles. The van der Waals surface area contributed by atoms with Crippen molar-refractivity contribution < 1.29 is 1.43 Å². The summed E-state index contributed by atoms with van der Waals surface area (Å²) in [6, 6.07) is 13.4. The van der Waals surface area contributed by atoms with Crippen molar-refractivity contribution in [1.29, 1.82) is 0 Å². The highest BCUT2D eigenvalue weighted by Crippen LogP contribution is 2.32. The minimum absolute atomic E-state index is 0. The second kappa shape index (κ2) is 7.16. The quantitative estimate of drug-likeness (QED) is 0.906. The summed E-state index contributed by atoms with van der Waals surface area (Å²) in [5.41, 5.74) is 3.08. The Morgan fingerprint density at radius 1 is 1.04 bits per heavy atom. The van der Waals surface area contributed by atoms with Crippen molar-refractivity contribution in [2.24, 2.45) is 5.92 Å². The van der Waals surface area contributed by atoms with Gasteiger partial charge in [0.15, 0.2) is 0 Å². The van der Waals surface area contributed by atoms with Crippen molar-refractivity contribution in [1.82, 2.24) is 10.2 Å². The topological polar surface area (TPSA) is 15.3 Å². The maximum atomic E-state index is 3.61. The number of thiophene rings is 1. The van der Waals surface area contributed by atoms with Gasteiger partial charge in [0.05, 0.1) is 0 Å². The zero-order valence-electron chi connectivity index (χ0n) is 13.7. The Balaban J connectivity index is 0.00000169. The number of nitrogens with zero attached hydrogens (tertiary/aromatic N) is 1. The molecule has 0 spiro atoms. The van der Waals surface area contributed by atoms with E-state index in [1.165, 1.54) is 44.6 Å². The first-order valence-electron chi connectivity index (χ1n) is 8.90. The van der Waals surface area contributed by atoms with Gasteiger partial charge in [-0.1, -0.05) is 30.3 Å². The van der Waals surface area contributed by atoms with Crippen LogP contribution in [0.4, 0.5) is 0 Å². The fourth-order valence-corrected chi connectivity index (χ4v) is 5.03. The average molecular weight is 329 g/mol. The zero-order valence-corrected chi connectivity index (χ0v) is 14.5. The van der Waals surface area contributed by atoms with E-state index >= 15 is 0 Å². The molecule has 0 amide bonds. The second-order valence-electron chi connectivity index (χ2n) is 7.07. The molecule has 1 unspecified atom stereocenters. The Kier molecular flexibility index (Phi) is 4.79. The Morgan fingerprint density at radius 2 is 1.87 bits per heavy atom. The molecule has 124 valence electrons. The number of piperidine rings is 1. The molecular weight excluding hydrogens is 300 g/mol. The van der Waals surface area contributed by atoms with Crippen molar-refractivity contribution in [3.63, 3.8) is 0 Å². The molecule has 23 heavy (non-hydrogen) atoms. The van der Waals surface area contributed by atoms with Crippen LogP contribution in [-0.2, 0) is 0 Å². The summed E-state index contributed by atoms with van der Waals surface area (Å²) in [7, 11) is 0. The van der Waals surface area contributed by atoms with Crippen LogP contribution in [0.15, 0.2) is 47.2 Å². The normalized spacial score (nSPS) is 26.6. The Hall–Kier alpha value is -1.16. The van der Waals surface area contributed by atoms with Crippen LogP contribution < -0.4 is 5.32 Å². The Bertz CT molecular complexity index is 593. The predicted molar refractivity (Wildman–Crippen MR) is 100 cm³/mol. The van der Waals surface area contributed by atoms with Crippen LogP contribution in [0.1, 0.15) is 37.2 Å². The fourth-order valence-electron chi connectivity index (χ4n) is 4.31. The molecule has 2 fully saturated rings. The van der Waals surface area contributed by atoms with E-state index in [4.69, 9.17) is 0 Å². The van der Waals surface area contributed by atoms with E-state index in [1.54, 1.807) is 5.56 Å². The lowest BCUT2D eigenvalue weighted by molar-refractivity contribution is 0.182. The van der Waals surface area contributed by atoms with Crippen molar-refractivity contribution in [3.05, 3.63) is 58.3 Å². The third-order valence-corrected chi connectivity index (χ3v) is 6.36. The van der Waals surface area contributed by atoms with E-state index in [1.807, 2.05) is 11.3 Å². The van der Waals surface area contributed by atoms with Gasteiger partial charge in [-0.15, -0.1) is 0 Å². The smallest absolute Gasteiger partial charge is 0.00282 e. The number of benzene rings is 1. The molecule has 1 aromatic carbocycles. The van der Waals surface area contributed by atoms with Crippen LogP contribution in [0.3, 0.4) is 0 Å². The first-order chi connectivity index (χ1) is 11.4. The maximum absolute atomic E-state index is 3.61. The van der Waals surface area contributed by atoms with Crippen LogP contribution in [0.2, 0.25) is 0 Å². The number of likely N-dealkylation sites (tertiary alicyclic amines) is 1. The van der Waals surface area contributed by atoms with Gasteiger partial charge in [0.1, 0.15) is 0 Å². The van der Waals surface area contributed by atoms with Crippen molar-refractivity contribution >= 4 is 11.3 Å². The molecule has 2 aliphatic heterocycles. The van der Waals surface area contributed by atoms with Gasteiger partial charge >= 0.3 is 0 Å². The van der Waals surface area contributed by atoms with Crippen molar-refractivity contribution in [2.75, 3.05) is 32.7 Å². The number of hydrogen-bond donors (Lipinski definition) is 1. The number of nitrogens with one attached hydrogen (secondary N) is 1. The van der Waals surface area contributed by atoms with E-state index in [0.717, 1.165) is 18.4 Å². The molecule has 0 saturated carbocycles. The summed E-state index contributed by atoms with van der Waals surface area (Å²) < 4.78 is 0. The highest BCUT2D eigenvalue weighted by Gasteiger charge is 2.31. The lowest BCUT2D eigenvalue weighted by Crippen LogP contribution is -2.38. The van der Waals surface area contributed by atoms with Crippen LogP contribution in [0.5, 0.6) is 0 Å². The summed E-state index contributed by atoms with van der Waals surface area (Å²) in [6.45, 7) is 6.11. The van der Waals surface area contributed by atoms with Gasteiger partial charge in [0.2, 0.25) is 0 Å². The minimum Gasteiger partial charge on any atom is -0.316 e. The molecule has 2 saturated heterocycles. The van der Waals surface area contributed by atoms with Gasteiger partial charge in [-0.25, -0.2) is 0 Å². The molecule has 3 heteroatoms. The van der Waals surface area contributed by atoms with Gasteiger partial charge in [-0.05, 0) is 72.3 Å². The summed E-state index contributed by atoms with van der Waals surface area (Å²) >= 11 is 1.83. The van der Waals surface area contributed by atoms with E-state index in [0.29, 0.717) is 5.92 Å². The molecular formula is C20H28N2S. The van der Waals surface area contributed by atoms with E-state index < -0.39 is 0 Å². The fraction of sp³-hybridized carbons (Fsp3) is 0.500. The standard InChI is InChI=1S/C20H26N2S.H2/c1-2-4-16(5-3-1)17-6-9-22(10-7-17)14-19-12-21-13-20(19)18-8-11-23-15-18;/h1-5,8,11,15,17,19-21H,6-7,9-10,12-14H2;1H/t19?,20-;/m0./s1. The monoisotopic (exact) mass is 328 g/mol. The molecule has 3 heterocycles. The molecule has 4 rings (SSSR count). The first kappa shape index (κ1) is 15.4. The summed E-state index contributed by atoms with van der Waals surface area (Å²) in [5, 5.41) is 8.17. The predicted octanol–water partition coefficient (Wildman–Crippen LogP) is 4.18. The van der Waals surface area contributed by atoms with Crippen molar-refractivity contribution in [2.45, 2.75) is 24.7 Å². The van der Waals surface area contributed by atoms with Crippen molar-refractivity contribution in [3.8, 4) is 0 Å². The SMILES string of the molecule is [HH].c1ccc(C2CCN(CC3CNC[C@H]3c3ccsc3)CC2)cc1. The highest BCUT2D eigenvalue weighted by molar-refractivity contribution is 7.07. The summed E-state index contributed by atoms with van der Waals surface area (Å²) in [5.74, 6) is 2.26. The van der Waals surface area contributed by atoms with Crippen LogP contribution in [-0.4, -0.2) is 37.6 Å². The maximum Gasteiger partial charge on any atom is 0.00282 e. The number of hydrogen-bond acceptors (Lipinski definition) is 3. The lowest BCUT2D eigenvalue weighted by atomic mass is 9.87. The zero-order chi connectivity index (χ0) is 15.5. The Morgan fingerprint density at radius 3 is 2.61 bits per heavy atom. The summed E-state index contributed by atoms with van der Waals surface area (Å²) in [4.78, 5) is 2.70. The molecule has 0 bridgehead atoms. The van der Waals surface area contributed by atoms with E-state index in [2.05, 4.69) is 57.4 Å². The third-order valence-electron chi connectivity index (χ3n) is 5.66. The largest absolute Gasteiger partial charge is 0.316 e. The molecule has 0 radical (unpaired) electrons. The summed E-state index contributed by atoms with van der Waals surface area (Å²) in [6.07, 6.45) is 2.63. The average Bonchev–Trinajstić information content (AvgIpc) is 3.27. The molecule has 2 nitrogen and oxygen atoms in total. The van der Waals surface area contributed by atoms with Gasteiger partial charge in [0.25, 0.3) is 0 Å².